The van der Waals surface area contributed by atoms with Gasteiger partial charge < -0.3 is 4.42 Å². The van der Waals surface area contributed by atoms with E-state index < -0.39 is 0 Å². The van der Waals surface area contributed by atoms with Crippen LogP contribution in [0, 0.1) is 0 Å². The molecule has 7 nitrogen and oxygen atoms in total. The van der Waals surface area contributed by atoms with Gasteiger partial charge in [0.1, 0.15) is 5.65 Å². The van der Waals surface area contributed by atoms with Gasteiger partial charge in [0.25, 0.3) is 5.56 Å². The van der Waals surface area contributed by atoms with Crippen molar-refractivity contribution < 1.29 is 4.42 Å². The highest BCUT2D eigenvalue weighted by atomic mass is 32.2. The highest BCUT2D eigenvalue weighted by Crippen LogP contribution is 2.26. The van der Waals surface area contributed by atoms with E-state index in [4.69, 9.17) is 4.42 Å². The van der Waals surface area contributed by atoms with Gasteiger partial charge in [0.15, 0.2) is 10.9 Å². The Bertz CT molecular complexity index is 1110. The molecule has 130 valence electrons. The fraction of sp³-hybridized carbons (Fsp3) is 0.111. The number of fused-ring (bicyclic) bond motifs is 1. The molecular weight excluding hydrogens is 350 g/mol. The first-order valence-corrected chi connectivity index (χ1v) is 8.93. The third kappa shape index (κ3) is 3.06. The van der Waals surface area contributed by atoms with Gasteiger partial charge in [0.2, 0.25) is 5.82 Å². The molecule has 0 atom stereocenters. The summed E-state index contributed by atoms with van der Waals surface area (Å²) >= 11 is 1.46. The second kappa shape index (κ2) is 7.01. The van der Waals surface area contributed by atoms with Gasteiger partial charge in [-0.05, 0) is 24.3 Å². The van der Waals surface area contributed by atoms with Crippen LogP contribution < -0.4 is 5.56 Å². The van der Waals surface area contributed by atoms with Crippen LogP contribution in [0.5, 0.6) is 0 Å². The number of hydrogen-bond donors (Lipinski definition) is 0. The third-order valence-corrected chi connectivity index (χ3v) is 4.74. The number of furan rings is 1. The summed E-state index contributed by atoms with van der Waals surface area (Å²) in [5, 5.41) is 9.18. The second-order valence-corrected chi connectivity index (χ2v) is 6.43. The minimum absolute atomic E-state index is 0.102. The summed E-state index contributed by atoms with van der Waals surface area (Å²) in [4.78, 5) is 16.7. The minimum Gasteiger partial charge on any atom is -0.461 e. The molecule has 26 heavy (non-hydrogen) atoms. The number of pyridine rings is 1. The topological polar surface area (TPSA) is 78.2 Å². The summed E-state index contributed by atoms with van der Waals surface area (Å²) in [6, 6.07) is 10.7. The lowest BCUT2D eigenvalue weighted by molar-refractivity contribution is 0.569. The summed E-state index contributed by atoms with van der Waals surface area (Å²) in [5.41, 5.74) is 1.22. The van der Waals surface area contributed by atoms with Crippen molar-refractivity contribution in [2.45, 2.75) is 17.5 Å². The van der Waals surface area contributed by atoms with Gasteiger partial charge in [-0.2, -0.15) is 0 Å². The van der Waals surface area contributed by atoms with Crippen molar-refractivity contribution in [2.24, 2.45) is 0 Å². The largest absolute Gasteiger partial charge is 0.461 e. The van der Waals surface area contributed by atoms with Crippen molar-refractivity contribution in [3.63, 3.8) is 0 Å². The van der Waals surface area contributed by atoms with Gasteiger partial charge in [0, 0.05) is 24.6 Å². The molecule has 0 bridgehead atoms. The zero-order chi connectivity index (χ0) is 17.9. The Balaban J connectivity index is 1.62. The fourth-order valence-electron chi connectivity index (χ4n) is 2.59. The number of aromatic nitrogens is 5. The van der Waals surface area contributed by atoms with Crippen LogP contribution in [0.2, 0.25) is 0 Å². The molecule has 0 amide bonds. The Morgan fingerprint density at radius 2 is 2.15 bits per heavy atom. The lowest BCUT2D eigenvalue weighted by Gasteiger charge is -2.06. The highest BCUT2D eigenvalue weighted by Gasteiger charge is 2.16. The van der Waals surface area contributed by atoms with Gasteiger partial charge in [-0.3, -0.25) is 13.8 Å². The molecule has 4 aromatic heterocycles. The molecule has 0 saturated heterocycles. The number of nitrogens with zero attached hydrogens (tertiary/aromatic N) is 5. The Morgan fingerprint density at radius 1 is 1.23 bits per heavy atom. The zero-order valence-electron chi connectivity index (χ0n) is 13.8. The molecule has 4 rings (SSSR count). The molecule has 0 aromatic carbocycles. The summed E-state index contributed by atoms with van der Waals surface area (Å²) in [5.74, 6) is 1.80. The molecule has 0 aliphatic heterocycles. The van der Waals surface area contributed by atoms with E-state index in [1.807, 2.05) is 28.8 Å². The molecule has 4 aromatic rings. The van der Waals surface area contributed by atoms with Gasteiger partial charge in [-0.15, -0.1) is 16.8 Å². The SMILES string of the molecule is C=CCn1c(SCc2cc(=O)n3ccccc3n2)nnc1-c1ccco1. The van der Waals surface area contributed by atoms with Crippen molar-refractivity contribution >= 4 is 17.4 Å². The standard InChI is InChI=1S/C18H15N5O2S/c1-2-8-23-17(14-6-5-10-25-14)20-21-18(23)26-12-13-11-16(24)22-9-4-3-7-15(22)19-13/h2-7,9-11H,1,8,12H2. The third-order valence-electron chi connectivity index (χ3n) is 3.74. The van der Waals surface area contributed by atoms with Gasteiger partial charge in [0.05, 0.1) is 12.0 Å². The molecule has 0 aliphatic rings. The number of hydrogen-bond acceptors (Lipinski definition) is 6. The normalized spacial score (nSPS) is 11.1. The monoisotopic (exact) mass is 365 g/mol. The zero-order valence-corrected chi connectivity index (χ0v) is 14.6. The summed E-state index contributed by atoms with van der Waals surface area (Å²) < 4.78 is 8.86. The maximum atomic E-state index is 12.2. The van der Waals surface area contributed by atoms with Crippen molar-refractivity contribution in [1.29, 1.82) is 0 Å². The van der Waals surface area contributed by atoms with Crippen molar-refractivity contribution in [3.8, 4) is 11.6 Å². The first-order valence-electron chi connectivity index (χ1n) is 7.94. The van der Waals surface area contributed by atoms with Gasteiger partial charge >= 0.3 is 0 Å². The lowest BCUT2D eigenvalue weighted by atomic mass is 10.4. The van der Waals surface area contributed by atoms with E-state index in [2.05, 4.69) is 21.8 Å². The molecular formula is C18H15N5O2S. The van der Waals surface area contributed by atoms with Crippen molar-refractivity contribution in [1.82, 2.24) is 24.1 Å². The molecule has 0 saturated carbocycles. The van der Waals surface area contributed by atoms with Crippen LogP contribution >= 0.6 is 11.8 Å². The molecule has 0 aliphatic carbocycles. The van der Waals surface area contributed by atoms with Crippen LogP contribution in [0.1, 0.15) is 5.69 Å². The number of thioether (sulfide) groups is 1. The summed E-state index contributed by atoms with van der Waals surface area (Å²) in [7, 11) is 0. The molecule has 8 heteroatoms. The number of rotatable bonds is 6. The van der Waals surface area contributed by atoms with Crippen LogP contribution in [-0.4, -0.2) is 24.1 Å². The summed E-state index contributed by atoms with van der Waals surface area (Å²) in [6.07, 6.45) is 5.08. The lowest BCUT2D eigenvalue weighted by Crippen LogP contribution is -2.14. The Morgan fingerprint density at radius 3 is 2.96 bits per heavy atom. The molecule has 0 radical (unpaired) electrons. The van der Waals surface area contributed by atoms with Crippen LogP contribution in [0.25, 0.3) is 17.2 Å². The van der Waals surface area contributed by atoms with Crippen LogP contribution in [0.4, 0.5) is 0 Å². The van der Waals surface area contributed by atoms with E-state index in [-0.39, 0.29) is 5.56 Å². The smallest absolute Gasteiger partial charge is 0.258 e. The summed E-state index contributed by atoms with van der Waals surface area (Å²) in [6.45, 7) is 4.35. The fourth-order valence-corrected chi connectivity index (χ4v) is 3.43. The maximum absolute atomic E-state index is 12.2. The van der Waals surface area contributed by atoms with E-state index in [1.54, 1.807) is 30.7 Å². The second-order valence-electron chi connectivity index (χ2n) is 5.49. The van der Waals surface area contributed by atoms with Crippen molar-refractivity contribution in [3.05, 3.63) is 77.6 Å². The maximum Gasteiger partial charge on any atom is 0.258 e. The molecule has 4 heterocycles. The van der Waals surface area contributed by atoms with Gasteiger partial charge in [-0.25, -0.2) is 4.98 Å². The highest BCUT2D eigenvalue weighted by molar-refractivity contribution is 7.98. The Kier molecular flexibility index (Phi) is 4.40. The van der Waals surface area contributed by atoms with Crippen molar-refractivity contribution in [2.75, 3.05) is 0 Å². The molecule has 0 unspecified atom stereocenters. The first-order chi connectivity index (χ1) is 12.8. The Hall–Kier alpha value is -3.13. The average Bonchev–Trinajstić information content (AvgIpc) is 3.30. The first kappa shape index (κ1) is 16.3. The predicted molar refractivity (Wildman–Crippen MR) is 98.9 cm³/mol. The van der Waals surface area contributed by atoms with E-state index >= 15 is 0 Å². The van der Waals surface area contributed by atoms with Gasteiger partial charge in [-0.1, -0.05) is 23.9 Å². The molecule has 0 N–H and O–H groups in total. The quantitative estimate of drug-likeness (QED) is 0.386. The van der Waals surface area contributed by atoms with E-state index in [0.717, 1.165) is 0 Å². The molecule has 0 fully saturated rings. The predicted octanol–water partition coefficient (Wildman–Crippen LogP) is 3.02. The average molecular weight is 365 g/mol. The van der Waals surface area contributed by atoms with Crippen LogP contribution in [0.15, 0.2) is 75.9 Å². The number of allylic oxidation sites excluding steroid dienone is 1. The Labute approximate surface area is 153 Å². The molecule has 0 spiro atoms. The van der Waals surface area contributed by atoms with E-state index in [1.165, 1.54) is 16.2 Å². The van der Waals surface area contributed by atoms with Crippen LogP contribution in [-0.2, 0) is 12.3 Å². The van der Waals surface area contributed by atoms with Crippen LogP contribution in [0.3, 0.4) is 0 Å². The van der Waals surface area contributed by atoms with E-state index in [0.29, 0.717) is 40.4 Å². The van der Waals surface area contributed by atoms with E-state index in [9.17, 15) is 4.79 Å². The minimum atomic E-state index is -0.102.